The van der Waals surface area contributed by atoms with Gasteiger partial charge < -0.3 is 10.6 Å². The lowest BCUT2D eigenvalue weighted by atomic mass is 10.2. The number of anilines is 2. The molecule has 3 aromatic rings. The van der Waals surface area contributed by atoms with Crippen molar-refractivity contribution < 1.29 is 4.79 Å². The molecule has 1 aromatic heterocycles. The Hall–Kier alpha value is -3.72. The van der Waals surface area contributed by atoms with E-state index in [0.717, 1.165) is 5.56 Å². The van der Waals surface area contributed by atoms with Crippen LogP contribution in [0.1, 0.15) is 27.4 Å². The highest BCUT2D eigenvalue weighted by atomic mass is 16.1. The predicted molar refractivity (Wildman–Crippen MR) is 99.6 cm³/mol. The van der Waals surface area contributed by atoms with Crippen LogP contribution in [0.2, 0.25) is 0 Å². The molecule has 0 bridgehead atoms. The van der Waals surface area contributed by atoms with Gasteiger partial charge in [-0.05, 0) is 36.8 Å². The number of rotatable bonds is 5. The molecule has 26 heavy (non-hydrogen) atoms. The molecule has 0 spiro atoms. The van der Waals surface area contributed by atoms with Crippen LogP contribution >= 0.6 is 0 Å². The van der Waals surface area contributed by atoms with Gasteiger partial charge in [0.2, 0.25) is 0 Å². The molecule has 0 aliphatic heterocycles. The highest BCUT2D eigenvalue weighted by Gasteiger charge is 2.11. The maximum atomic E-state index is 12.5. The Labute approximate surface area is 151 Å². The minimum Gasteiger partial charge on any atom is -0.366 e. The lowest BCUT2D eigenvalue weighted by Crippen LogP contribution is -2.15. The van der Waals surface area contributed by atoms with Gasteiger partial charge in [0.1, 0.15) is 17.3 Å². The van der Waals surface area contributed by atoms with Gasteiger partial charge in [0.25, 0.3) is 5.91 Å². The molecule has 2 N–H and O–H groups in total. The van der Waals surface area contributed by atoms with E-state index in [1.165, 1.54) is 0 Å². The Bertz CT molecular complexity index is 946. The van der Waals surface area contributed by atoms with E-state index in [-0.39, 0.29) is 11.6 Å². The van der Waals surface area contributed by atoms with Crippen LogP contribution in [0, 0.1) is 18.3 Å². The first kappa shape index (κ1) is 17.1. The zero-order chi connectivity index (χ0) is 18.4. The maximum absolute atomic E-state index is 12.5. The molecule has 1 heterocycles. The summed E-state index contributed by atoms with van der Waals surface area (Å²) in [6.07, 6.45) is 0. The van der Waals surface area contributed by atoms with Crippen molar-refractivity contribution in [3.05, 3.63) is 83.3 Å². The largest absolute Gasteiger partial charge is 0.366 e. The van der Waals surface area contributed by atoms with Gasteiger partial charge in [-0.25, -0.2) is 9.97 Å². The average molecular weight is 343 g/mol. The summed E-state index contributed by atoms with van der Waals surface area (Å²) in [5.74, 6) is 0.766. The van der Waals surface area contributed by atoms with Crippen molar-refractivity contribution in [3.8, 4) is 6.07 Å². The van der Waals surface area contributed by atoms with Crippen LogP contribution in [0.15, 0.2) is 60.7 Å². The Morgan fingerprint density at radius 3 is 2.50 bits per heavy atom. The number of aryl methyl sites for hydroxylation is 1. The van der Waals surface area contributed by atoms with Crippen molar-refractivity contribution in [1.29, 1.82) is 5.26 Å². The fraction of sp³-hybridized carbons (Fsp3) is 0.100. The minimum atomic E-state index is -0.331. The van der Waals surface area contributed by atoms with Gasteiger partial charge in [-0.3, -0.25) is 4.79 Å². The molecular formula is C20H17N5O. The Morgan fingerprint density at radius 2 is 1.81 bits per heavy atom. The number of nitrogens with one attached hydrogen (secondary N) is 2. The summed E-state index contributed by atoms with van der Waals surface area (Å²) in [4.78, 5) is 21.0. The van der Waals surface area contributed by atoms with E-state index in [9.17, 15) is 4.79 Å². The topological polar surface area (TPSA) is 90.7 Å². The summed E-state index contributed by atoms with van der Waals surface area (Å²) < 4.78 is 0. The number of benzene rings is 2. The highest BCUT2D eigenvalue weighted by Crippen LogP contribution is 2.13. The molecule has 0 unspecified atom stereocenters. The number of nitriles is 1. The SMILES string of the molecule is Cc1nc(NCc2ccccc2)cc(C(=O)Nc2ccc(C#N)cc2)n1. The Morgan fingerprint density at radius 1 is 1.08 bits per heavy atom. The normalized spacial score (nSPS) is 10.0. The minimum absolute atomic E-state index is 0.275. The second-order valence-electron chi connectivity index (χ2n) is 5.67. The summed E-state index contributed by atoms with van der Waals surface area (Å²) in [5, 5.41) is 14.8. The average Bonchev–Trinajstić information content (AvgIpc) is 2.67. The summed E-state index contributed by atoms with van der Waals surface area (Å²) in [7, 11) is 0. The van der Waals surface area contributed by atoms with Crippen LogP contribution in [-0.2, 0) is 6.54 Å². The molecule has 2 aromatic carbocycles. The van der Waals surface area contributed by atoms with Gasteiger partial charge in [0, 0.05) is 18.3 Å². The van der Waals surface area contributed by atoms with E-state index in [4.69, 9.17) is 5.26 Å². The van der Waals surface area contributed by atoms with Gasteiger partial charge in [-0.1, -0.05) is 30.3 Å². The molecule has 6 heteroatoms. The molecule has 1 amide bonds. The van der Waals surface area contributed by atoms with Gasteiger partial charge >= 0.3 is 0 Å². The van der Waals surface area contributed by atoms with Crippen molar-refractivity contribution in [3.63, 3.8) is 0 Å². The third kappa shape index (κ3) is 4.42. The molecule has 6 nitrogen and oxygen atoms in total. The lowest BCUT2D eigenvalue weighted by Gasteiger charge is -2.09. The lowest BCUT2D eigenvalue weighted by molar-refractivity contribution is 0.102. The first-order chi connectivity index (χ1) is 12.6. The molecule has 0 saturated carbocycles. The van der Waals surface area contributed by atoms with Crippen molar-refractivity contribution >= 4 is 17.4 Å². The Balaban J connectivity index is 1.71. The number of hydrogen-bond donors (Lipinski definition) is 2. The molecule has 0 atom stereocenters. The molecule has 0 aliphatic carbocycles. The summed E-state index contributed by atoms with van der Waals surface area (Å²) >= 11 is 0. The number of aromatic nitrogens is 2. The second-order valence-corrected chi connectivity index (χ2v) is 5.67. The number of amides is 1. The highest BCUT2D eigenvalue weighted by molar-refractivity contribution is 6.03. The number of hydrogen-bond acceptors (Lipinski definition) is 5. The molecular weight excluding hydrogens is 326 g/mol. The van der Waals surface area contributed by atoms with Crippen molar-refractivity contribution in [1.82, 2.24) is 9.97 Å². The van der Waals surface area contributed by atoms with E-state index in [1.54, 1.807) is 37.3 Å². The quantitative estimate of drug-likeness (QED) is 0.739. The molecule has 0 radical (unpaired) electrons. The van der Waals surface area contributed by atoms with Crippen LogP contribution in [0.5, 0.6) is 0 Å². The molecule has 0 aliphatic rings. The van der Waals surface area contributed by atoms with E-state index in [0.29, 0.717) is 29.4 Å². The van der Waals surface area contributed by atoms with Gasteiger partial charge in [0.05, 0.1) is 11.6 Å². The van der Waals surface area contributed by atoms with Gasteiger partial charge in [-0.15, -0.1) is 0 Å². The van der Waals surface area contributed by atoms with Crippen molar-refractivity contribution in [2.24, 2.45) is 0 Å². The Kier molecular flexibility index (Phi) is 5.20. The molecule has 3 rings (SSSR count). The van der Waals surface area contributed by atoms with Crippen LogP contribution < -0.4 is 10.6 Å². The van der Waals surface area contributed by atoms with E-state index < -0.39 is 0 Å². The second kappa shape index (κ2) is 7.90. The number of carbonyl (C=O) groups is 1. The van der Waals surface area contributed by atoms with Gasteiger partial charge in [-0.2, -0.15) is 5.26 Å². The summed E-state index contributed by atoms with van der Waals surface area (Å²) in [5.41, 5.74) is 2.53. The zero-order valence-electron chi connectivity index (χ0n) is 14.2. The standard InChI is InChI=1S/C20H17N5O/c1-14-23-18(20(26)25-17-9-7-15(12-21)8-10-17)11-19(24-14)22-13-16-5-3-2-4-6-16/h2-11H,13H2,1H3,(H,25,26)(H,22,23,24). The monoisotopic (exact) mass is 343 g/mol. The predicted octanol–water partition coefficient (Wildman–Crippen LogP) is 3.52. The van der Waals surface area contributed by atoms with E-state index >= 15 is 0 Å². The van der Waals surface area contributed by atoms with Crippen LogP contribution in [-0.4, -0.2) is 15.9 Å². The molecule has 128 valence electrons. The smallest absolute Gasteiger partial charge is 0.274 e. The van der Waals surface area contributed by atoms with Crippen LogP contribution in [0.3, 0.4) is 0 Å². The molecule has 0 fully saturated rings. The third-order valence-electron chi connectivity index (χ3n) is 3.66. The third-order valence-corrected chi connectivity index (χ3v) is 3.66. The van der Waals surface area contributed by atoms with Crippen molar-refractivity contribution in [2.75, 3.05) is 10.6 Å². The number of carbonyl (C=O) groups excluding carboxylic acids is 1. The number of nitrogens with zero attached hydrogens (tertiary/aromatic N) is 3. The fourth-order valence-corrected chi connectivity index (χ4v) is 2.39. The first-order valence-electron chi connectivity index (χ1n) is 8.09. The van der Waals surface area contributed by atoms with E-state index in [1.807, 2.05) is 36.4 Å². The van der Waals surface area contributed by atoms with Crippen molar-refractivity contribution in [2.45, 2.75) is 13.5 Å². The van der Waals surface area contributed by atoms with Gasteiger partial charge in [0.15, 0.2) is 0 Å². The fourth-order valence-electron chi connectivity index (χ4n) is 2.39. The summed E-state index contributed by atoms with van der Waals surface area (Å²) in [6, 6.07) is 20.2. The van der Waals surface area contributed by atoms with Crippen LogP contribution in [0.25, 0.3) is 0 Å². The first-order valence-corrected chi connectivity index (χ1v) is 8.09. The summed E-state index contributed by atoms with van der Waals surface area (Å²) in [6.45, 7) is 2.35. The maximum Gasteiger partial charge on any atom is 0.274 e. The van der Waals surface area contributed by atoms with Crippen LogP contribution in [0.4, 0.5) is 11.5 Å². The van der Waals surface area contributed by atoms with E-state index in [2.05, 4.69) is 20.6 Å². The molecule has 0 saturated heterocycles. The zero-order valence-corrected chi connectivity index (χ0v) is 14.2.